The number of carbonyl (C=O) groups excluding carboxylic acids is 1. The molecule has 0 aromatic heterocycles. The first-order valence-electron chi connectivity index (χ1n) is 6.62. The number of nitrogens with one attached hydrogen (secondary N) is 2. The molecular weight excluding hydrogens is 302 g/mol. The van der Waals surface area contributed by atoms with Gasteiger partial charge in [0.2, 0.25) is 5.91 Å². The topological polar surface area (TPSA) is 50.4 Å². The fourth-order valence-electron chi connectivity index (χ4n) is 2.27. The lowest BCUT2D eigenvalue weighted by Crippen LogP contribution is -2.44. The summed E-state index contributed by atoms with van der Waals surface area (Å²) in [5.41, 5.74) is -0.117. The van der Waals surface area contributed by atoms with Crippen molar-refractivity contribution in [1.29, 1.82) is 0 Å². The quantitative estimate of drug-likeness (QED) is 0.891. The molecule has 1 saturated heterocycles. The molecule has 21 heavy (non-hydrogen) atoms. The van der Waals surface area contributed by atoms with Crippen LogP contribution in [0.15, 0.2) is 18.2 Å². The van der Waals surface area contributed by atoms with E-state index in [0.717, 1.165) is 0 Å². The van der Waals surface area contributed by atoms with Crippen LogP contribution in [0.25, 0.3) is 0 Å². The number of benzene rings is 1. The van der Waals surface area contributed by atoms with Crippen LogP contribution in [0, 0.1) is 11.6 Å². The van der Waals surface area contributed by atoms with Gasteiger partial charge in [0, 0.05) is 24.6 Å². The normalized spacial score (nSPS) is 19.5. The lowest BCUT2D eigenvalue weighted by atomic mass is 10.1. The van der Waals surface area contributed by atoms with Gasteiger partial charge in [0.15, 0.2) is 0 Å². The Labute approximate surface area is 128 Å². The highest BCUT2D eigenvalue weighted by molar-refractivity contribution is 5.85. The second-order valence-corrected chi connectivity index (χ2v) is 4.85. The summed E-state index contributed by atoms with van der Waals surface area (Å²) in [6.45, 7) is 3.37. The minimum Gasteiger partial charge on any atom is -0.378 e. The molecule has 1 heterocycles. The Morgan fingerprint density at radius 1 is 1.48 bits per heavy atom. The van der Waals surface area contributed by atoms with Crippen molar-refractivity contribution in [2.24, 2.45) is 0 Å². The number of ether oxygens (including phenoxy) is 1. The summed E-state index contributed by atoms with van der Waals surface area (Å²) in [6.07, 6.45) is 0.223. The van der Waals surface area contributed by atoms with E-state index in [1.165, 1.54) is 18.2 Å². The van der Waals surface area contributed by atoms with E-state index < -0.39 is 17.7 Å². The van der Waals surface area contributed by atoms with Gasteiger partial charge in [0.25, 0.3) is 0 Å². The maximum absolute atomic E-state index is 13.6. The zero-order valence-electron chi connectivity index (χ0n) is 11.7. The molecule has 1 fully saturated rings. The summed E-state index contributed by atoms with van der Waals surface area (Å²) in [5.74, 6) is -1.57. The van der Waals surface area contributed by atoms with Crippen LogP contribution in [0.4, 0.5) is 8.78 Å². The fraction of sp³-hybridized carbons (Fsp3) is 0.500. The lowest BCUT2D eigenvalue weighted by molar-refractivity contribution is -0.122. The number of carbonyl (C=O) groups is 1. The molecule has 118 valence electrons. The third-order valence-electron chi connectivity index (χ3n) is 3.24. The van der Waals surface area contributed by atoms with Gasteiger partial charge in [0.1, 0.15) is 11.6 Å². The van der Waals surface area contributed by atoms with Gasteiger partial charge in [-0.05, 0) is 19.1 Å². The number of rotatable bonds is 4. The van der Waals surface area contributed by atoms with Crippen LogP contribution in [0.1, 0.15) is 24.9 Å². The molecule has 1 aromatic rings. The number of morpholine rings is 1. The van der Waals surface area contributed by atoms with E-state index in [4.69, 9.17) is 4.74 Å². The molecule has 4 nitrogen and oxygen atoms in total. The molecule has 0 aliphatic carbocycles. The second-order valence-electron chi connectivity index (χ2n) is 4.85. The Hall–Kier alpha value is -1.24. The molecule has 1 amide bonds. The van der Waals surface area contributed by atoms with Gasteiger partial charge in [-0.3, -0.25) is 4.79 Å². The highest BCUT2D eigenvalue weighted by Crippen LogP contribution is 2.20. The Morgan fingerprint density at radius 3 is 2.71 bits per heavy atom. The third-order valence-corrected chi connectivity index (χ3v) is 3.24. The third kappa shape index (κ3) is 4.91. The highest BCUT2D eigenvalue weighted by Gasteiger charge is 2.21. The van der Waals surface area contributed by atoms with Gasteiger partial charge in [-0.2, -0.15) is 0 Å². The molecule has 7 heteroatoms. The fourth-order valence-corrected chi connectivity index (χ4v) is 2.27. The maximum Gasteiger partial charge on any atom is 0.222 e. The largest absolute Gasteiger partial charge is 0.378 e. The Morgan fingerprint density at radius 2 is 2.14 bits per heavy atom. The average molecular weight is 321 g/mol. The van der Waals surface area contributed by atoms with E-state index in [2.05, 4.69) is 10.6 Å². The van der Waals surface area contributed by atoms with Crippen LogP contribution in [0.5, 0.6) is 0 Å². The first-order chi connectivity index (χ1) is 9.58. The molecule has 1 aromatic carbocycles. The molecule has 1 aliphatic rings. The Kier molecular flexibility index (Phi) is 7.01. The summed E-state index contributed by atoms with van der Waals surface area (Å²) in [4.78, 5) is 11.9. The number of hydrogen-bond donors (Lipinski definition) is 2. The molecule has 2 atom stereocenters. The van der Waals surface area contributed by atoms with E-state index in [-0.39, 0.29) is 36.3 Å². The second kappa shape index (κ2) is 8.26. The van der Waals surface area contributed by atoms with Crippen molar-refractivity contribution < 1.29 is 18.3 Å². The Balaban J connectivity index is 0.00000220. The smallest absolute Gasteiger partial charge is 0.222 e. The average Bonchev–Trinajstić information content (AvgIpc) is 2.39. The van der Waals surface area contributed by atoms with Crippen LogP contribution >= 0.6 is 12.4 Å². The van der Waals surface area contributed by atoms with Crippen LogP contribution in [-0.2, 0) is 9.53 Å². The van der Waals surface area contributed by atoms with Gasteiger partial charge in [-0.1, -0.05) is 6.07 Å². The number of amides is 1. The maximum atomic E-state index is 13.6. The van der Waals surface area contributed by atoms with Crippen molar-refractivity contribution in [2.45, 2.75) is 25.4 Å². The zero-order chi connectivity index (χ0) is 14.5. The molecule has 0 radical (unpaired) electrons. The van der Waals surface area contributed by atoms with E-state index in [1.54, 1.807) is 6.92 Å². The van der Waals surface area contributed by atoms with Crippen LogP contribution in [-0.4, -0.2) is 31.7 Å². The molecule has 2 N–H and O–H groups in total. The number of halogens is 3. The predicted molar refractivity (Wildman–Crippen MR) is 77.4 cm³/mol. The molecule has 1 aliphatic heterocycles. The zero-order valence-corrected chi connectivity index (χ0v) is 12.5. The predicted octanol–water partition coefficient (Wildman–Crippen LogP) is 1.94. The van der Waals surface area contributed by atoms with Crippen molar-refractivity contribution in [1.82, 2.24) is 10.6 Å². The number of hydrogen-bond acceptors (Lipinski definition) is 3. The van der Waals surface area contributed by atoms with Crippen molar-refractivity contribution >= 4 is 18.3 Å². The Bertz CT molecular complexity index is 462. The first kappa shape index (κ1) is 17.8. The monoisotopic (exact) mass is 320 g/mol. The summed E-state index contributed by atoms with van der Waals surface area (Å²) >= 11 is 0. The molecule has 2 unspecified atom stereocenters. The van der Waals surface area contributed by atoms with E-state index in [9.17, 15) is 13.6 Å². The summed E-state index contributed by atoms with van der Waals surface area (Å²) in [5, 5.41) is 5.76. The standard InChI is InChI=1S/C14H18F2N2O2.ClH/c1-9(14-11(15)3-2-4-12(14)16)18-13(19)7-10-8-20-6-5-17-10;/h2-4,9-10,17H,5-8H2,1H3,(H,18,19);1H. The van der Waals surface area contributed by atoms with Gasteiger partial charge in [-0.25, -0.2) is 8.78 Å². The van der Waals surface area contributed by atoms with Gasteiger partial charge in [0.05, 0.1) is 19.3 Å². The summed E-state index contributed by atoms with van der Waals surface area (Å²) < 4.78 is 32.4. The molecule has 0 saturated carbocycles. The van der Waals surface area contributed by atoms with Gasteiger partial charge in [-0.15, -0.1) is 12.4 Å². The molecule has 2 rings (SSSR count). The summed E-state index contributed by atoms with van der Waals surface area (Å²) in [6, 6.07) is 2.89. The van der Waals surface area contributed by atoms with Crippen LogP contribution in [0.3, 0.4) is 0 Å². The highest BCUT2D eigenvalue weighted by atomic mass is 35.5. The van der Waals surface area contributed by atoms with Gasteiger partial charge < -0.3 is 15.4 Å². The molecular formula is C14H19ClF2N2O2. The summed E-state index contributed by atoms with van der Waals surface area (Å²) in [7, 11) is 0. The van der Waals surface area contributed by atoms with E-state index in [1.807, 2.05) is 0 Å². The van der Waals surface area contributed by atoms with E-state index in [0.29, 0.717) is 19.8 Å². The van der Waals surface area contributed by atoms with Crippen molar-refractivity contribution in [3.63, 3.8) is 0 Å². The molecule has 0 spiro atoms. The van der Waals surface area contributed by atoms with Crippen molar-refractivity contribution in [3.8, 4) is 0 Å². The van der Waals surface area contributed by atoms with Gasteiger partial charge >= 0.3 is 0 Å². The van der Waals surface area contributed by atoms with Crippen LogP contribution in [0.2, 0.25) is 0 Å². The minimum absolute atomic E-state index is 0. The SMILES string of the molecule is CC(NC(=O)CC1COCCN1)c1c(F)cccc1F.Cl. The minimum atomic E-state index is -0.715. The van der Waals surface area contributed by atoms with E-state index >= 15 is 0 Å². The lowest BCUT2D eigenvalue weighted by Gasteiger charge is -2.24. The van der Waals surface area contributed by atoms with Crippen molar-refractivity contribution in [3.05, 3.63) is 35.4 Å². The first-order valence-corrected chi connectivity index (χ1v) is 6.62. The van der Waals surface area contributed by atoms with Crippen LogP contribution < -0.4 is 10.6 Å². The van der Waals surface area contributed by atoms with Crippen molar-refractivity contribution in [2.75, 3.05) is 19.8 Å². The molecule has 0 bridgehead atoms.